The van der Waals surface area contributed by atoms with Gasteiger partial charge in [-0.2, -0.15) is 11.3 Å². The van der Waals surface area contributed by atoms with Gasteiger partial charge in [0.05, 0.1) is 7.11 Å². The number of methoxy groups -OCH3 is 1. The van der Waals surface area contributed by atoms with Gasteiger partial charge in [-0.15, -0.1) is 0 Å². The predicted molar refractivity (Wildman–Crippen MR) is 66.0 cm³/mol. The molecule has 0 saturated carbocycles. The Labute approximate surface area is 99.1 Å². The van der Waals surface area contributed by atoms with Gasteiger partial charge in [-0.1, -0.05) is 12.1 Å². The fourth-order valence-corrected chi connectivity index (χ4v) is 2.39. The molecule has 2 rings (SSSR count). The van der Waals surface area contributed by atoms with Gasteiger partial charge >= 0.3 is 0 Å². The van der Waals surface area contributed by atoms with Crippen molar-refractivity contribution < 1.29 is 9.84 Å². The van der Waals surface area contributed by atoms with E-state index in [1.165, 1.54) is 0 Å². The van der Waals surface area contributed by atoms with Crippen LogP contribution in [0.1, 0.15) is 18.1 Å². The summed E-state index contributed by atoms with van der Waals surface area (Å²) in [5.41, 5.74) is 0.783. The summed E-state index contributed by atoms with van der Waals surface area (Å²) in [6.45, 7) is 1.80. The van der Waals surface area contributed by atoms with Crippen LogP contribution in [0.15, 0.2) is 41.1 Å². The van der Waals surface area contributed by atoms with Crippen molar-refractivity contribution in [1.82, 2.24) is 0 Å². The number of aliphatic hydroxyl groups is 1. The third-order valence-corrected chi connectivity index (χ3v) is 3.40. The molecule has 0 fully saturated rings. The van der Waals surface area contributed by atoms with E-state index in [1.54, 1.807) is 25.4 Å². The lowest BCUT2D eigenvalue weighted by molar-refractivity contribution is 0.102. The molecule has 1 aromatic carbocycles. The summed E-state index contributed by atoms with van der Waals surface area (Å²) in [4.78, 5) is 0. The average molecular weight is 234 g/mol. The van der Waals surface area contributed by atoms with Crippen LogP contribution in [0.3, 0.4) is 0 Å². The lowest BCUT2D eigenvalue weighted by Crippen LogP contribution is -2.21. The Morgan fingerprint density at radius 1 is 1.25 bits per heavy atom. The second-order valence-corrected chi connectivity index (χ2v) is 4.60. The second-order valence-electron chi connectivity index (χ2n) is 3.82. The van der Waals surface area contributed by atoms with Crippen molar-refractivity contribution in [3.05, 3.63) is 52.2 Å². The normalized spacial score (nSPS) is 14.4. The van der Waals surface area contributed by atoms with Crippen molar-refractivity contribution in [2.75, 3.05) is 7.11 Å². The predicted octanol–water partition coefficient (Wildman–Crippen LogP) is 3.01. The zero-order chi connectivity index (χ0) is 11.6. The fourth-order valence-electron chi connectivity index (χ4n) is 1.63. The molecule has 2 nitrogen and oxygen atoms in total. The molecule has 0 radical (unpaired) electrons. The molecule has 0 spiro atoms. The molecule has 0 bridgehead atoms. The topological polar surface area (TPSA) is 29.5 Å². The Morgan fingerprint density at radius 2 is 2.06 bits per heavy atom. The van der Waals surface area contributed by atoms with Crippen LogP contribution in [-0.2, 0) is 5.60 Å². The van der Waals surface area contributed by atoms with Gasteiger partial charge in [0, 0.05) is 0 Å². The fraction of sp³-hybridized carbons (Fsp3) is 0.231. The molecule has 0 amide bonds. The first kappa shape index (κ1) is 11.2. The van der Waals surface area contributed by atoms with Crippen LogP contribution < -0.4 is 4.74 Å². The van der Waals surface area contributed by atoms with E-state index in [0.717, 1.165) is 16.9 Å². The van der Waals surface area contributed by atoms with Crippen LogP contribution in [0.5, 0.6) is 5.75 Å². The molecule has 3 heteroatoms. The highest BCUT2D eigenvalue weighted by Gasteiger charge is 2.26. The Balaban J connectivity index is 2.42. The number of thiophene rings is 1. The van der Waals surface area contributed by atoms with E-state index in [9.17, 15) is 5.11 Å². The first-order chi connectivity index (χ1) is 7.64. The zero-order valence-corrected chi connectivity index (χ0v) is 10.1. The molecule has 1 heterocycles. The largest absolute Gasteiger partial charge is 0.497 e. The Bertz CT molecular complexity index is 461. The standard InChI is InChI=1S/C13H14O2S/c1-13(14,11-6-7-16-9-11)10-4-3-5-12(8-10)15-2/h3-9,14H,1-2H3. The summed E-state index contributed by atoms with van der Waals surface area (Å²) in [6.07, 6.45) is 0. The van der Waals surface area contributed by atoms with Gasteiger partial charge in [0.25, 0.3) is 0 Å². The molecule has 1 aromatic heterocycles. The van der Waals surface area contributed by atoms with E-state index < -0.39 is 5.60 Å². The number of rotatable bonds is 3. The highest BCUT2D eigenvalue weighted by atomic mass is 32.1. The minimum atomic E-state index is -0.964. The molecule has 0 aliphatic carbocycles. The summed E-state index contributed by atoms with van der Waals surface area (Å²) in [5.74, 6) is 0.757. The minimum absolute atomic E-state index is 0.757. The van der Waals surface area contributed by atoms with Crippen LogP contribution >= 0.6 is 11.3 Å². The smallest absolute Gasteiger partial charge is 0.119 e. The first-order valence-electron chi connectivity index (χ1n) is 5.04. The average Bonchev–Trinajstić information content (AvgIpc) is 2.83. The maximum absolute atomic E-state index is 10.5. The molecule has 0 aliphatic heterocycles. The molecule has 0 saturated heterocycles. The first-order valence-corrected chi connectivity index (χ1v) is 5.98. The number of hydrogen-bond donors (Lipinski definition) is 1. The Morgan fingerprint density at radius 3 is 2.69 bits per heavy atom. The lowest BCUT2D eigenvalue weighted by atomic mass is 9.90. The van der Waals surface area contributed by atoms with E-state index >= 15 is 0 Å². The van der Waals surface area contributed by atoms with Crippen LogP contribution in [0.25, 0.3) is 0 Å². The van der Waals surface area contributed by atoms with Gasteiger partial charge in [-0.3, -0.25) is 0 Å². The summed E-state index contributed by atoms with van der Waals surface area (Å²) in [7, 11) is 1.62. The van der Waals surface area contributed by atoms with Gasteiger partial charge in [0.2, 0.25) is 0 Å². The van der Waals surface area contributed by atoms with E-state index in [1.807, 2.05) is 41.1 Å². The zero-order valence-electron chi connectivity index (χ0n) is 9.31. The number of hydrogen-bond acceptors (Lipinski definition) is 3. The summed E-state index contributed by atoms with van der Waals surface area (Å²) >= 11 is 1.58. The molecule has 1 atom stereocenters. The third kappa shape index (κ3) is 1.96. The maximum atomic E-state index is 10.5. The van der Waals surface area contributed by atoms with E-state index in [0.29, 0.717) is 0 Å². The van der Waals surface area contributed by atoms with Crippen molar-refractivity contribution in [2.24, 2.45) is 0 Å². The lowest BCUT2D eigenvalue weighted by Gasteiger charge is -2.23. The molecular formula is C13H14O2S. The molecule has 0 aliphatic rings. The van der Waals surface area contributed by atoms with Gasteiger partial charge in [-0.05, 0) is 47.0 Å². The van der Waals surface area contributed by atoms with Crippen molar-refractivity contribution in [2.45, 2.75) is 12.5 Å². The van der Waals surface area contributed by atoms with Crippen LogP contribution in [0.4, 0.5) is 0 Å². The molecule has 84 valence electrons. The maximum Gasteiger partial charge on any atom is 0.119 e. The molecular weight excluding hydrogens is 220 g/mol. The minimum Gasteiger partial charge on any atom is -0.497 e. The van der Waals surface area contributed by atoms with Gasteiger partial charge < -0.3 is 9.84 Å². The van der Waals surface area contributed by atoms with Crippen LogP contribution in [-0.4, -0.2) is 12.2 Å². The number of ether oxygens (including phenoxy) is 1. The van der Waals surface area contributed by atoms with E-state index in [-0.39, 0.29) is 0 Å². The van der Waals surface area contributed by atoms with Crippen LogP contribution in [0.2, 0.25) is 0 Å². The van der Waals surface area contributed by atoms with Gasteiger partial charge in [0.15, 0.2) is 0 Å². The second kappa shape index (κ2) is 4.28. The van der Waals surface area contributed by atoms with Crippen molar-refractivity contribution in [1.29, 1.82) is 0 Å². The molecule has 2 aromatic rings. The van der Waals surface area contributed by atoms with Crippen LogP contribution in [0, 0.1) is 0 Å². The summed E-state index contributed by atoms with van der Waals surface area (Å²) in [5, 5.41) is 14.4. The molecule has 1 unspecified atom stereocenters. The van der Waals surface area contributed by atoms with E-state index in [2.05, 4.69) is 0 Å². The quantitative estimate of drug-likeness (QED) is 0.884. The highest BCUT2D eigenvalue weighted by Crippen LogP contribution is 2.32. The van der Waals surface area contributed by atoms with Crippen molar-refractivity contribution in [3.63, 3.8) is 0 Å². The third-order valence-electron chi connectivity index (χ3n) is 2.72. The molecule has 16 heavy (non-hydrogen) atoms. The number of benzene rings is 1. The highest BCUT2D eigenvalue weighted by molar-refractivity contribution is 7.08. The molecule has 1 N–H and O–H groups in total. The monoisotopic (exact) mass is 234 g/mol. The van der Waals surface area contributed by atoms with Crippen molar-refractivity contribution in [3.8, 4) is 5.75 Å². The van der Waals surface area contributed by atoms with Gasteiger partial charge in [0.1, 0.15) is 11.4 Å². The Kier molecular flexibility index (Phi) is 2.99. The SMILES string of the molecule is COc1cccc(C(C)(O)c2ccsc2)c1. The van der Waals surface area contributed by atoms with E-state index in [4.69, 9.17) is 4.74 Å². The van der Waals surface area contributed by atoms with Crippen molar-refractivity contribution >= 4 is 11.3 Å². The summed E-state index contributed by atoms with van der Waals surface area (Å²) in [6, 6.07) is 9.45. The summed E-state index contributed by atoms with van der Waals surface area (Å²) < 4.78 is 5.16. The Hall–Kier alpha value is -1.32. The van der Waals surface area contributed by atoms with Gasteiger partial charge in [-0.25, -0.2) is 0 Å².